The van der Waals surface area contributed by atoms with Crippen molar-refractivity contribution in [1.29, 1.82) is 0 Å². The Hall–Kier alpha value is -2.42. The molecule has 1 amide bonds. The molecule has 170 valence electrons. The summed E-state index contributed by atoms with van der Waals surface area (Å²) in [5, 5.41) is 0.397. The van der Waals surface area contributed by atoms with Gasteiger partial charge in [0.15, 0.2) is 0 Å². The number of nitrogens with one attached hydrogen (secondary N) is 1. The molecule has 2 atom stereocenters. The highest BCUT2D eigenvalue weighted by Crippen LogP contribution is 2.32. The second-order valence-corrected chi connectivity index (χ2v) is 10.6. The summed E-state index contributed by atoms with van der Waals surface area (Å²) in [7, 11) is -3.48. The number of sulfonamides is 1. The summed E-state index contributed by atoms with van der Waals surface area (Å²) in [5.74, 6) is -0.349. The average Bonchev–Trinajstić information content (AvgIpc) is 2.94. The Kier molecular flexibility index (Phi) is 6.55. The van der Waals surface area contributed by atoms with Gasteiger partial charge >= 0.3 is 0 Å². The molecule has 0 aromatic heterocycles. The molecule has 6 nitrogen and oxygen atoms in total. The fourth-order valence-electron chi connectivity index (χ4n) is 4.46. The number of amides is 1. The fourth-order valence-corrected chi connectivity index (χ4v) is 5.21. The van der Waals surface area contributed by atoms with Crippen LogP contribution in [0.4, 0.5) is 10.1 Å². The van der Waals surface area contributed by atoms with E-state index in [-0.39, 0.29) is 23.8 Å². The summed E-state index contributed by atoms with van der Waals surface area (Å²) in [6, 6.07) is 11.9. The summed E-state index contributed by atoms with van der Waals surface area (Å²) in [6.45, 7) is 2.02. The Labute approximate surface area is 192 Å². The van der Waals surface area contributed by atoms with Crippen molar-refractivity contribution in [2.45, 2.75) is 31.5 Å². The Morgan fingerprint density at radius 3 is 2.44 bits per heavy atom. The molecule has 2 saturated heterocycles. The van der Waals surface area contributed by atoms with Crippen LogP contribution in [0.1, 0.15) is 24.0 Å². The number of piperazine rings is 1. The van der Waals surface area contributed by atoms with Crippen LogP contribution in [0.25, 0.3) is 6.08 Å². The van der Waals surface area contributed by atoms with Gasteiger partial charge in [0.05, 0.1) is 11.9 Å². The van der Waals surface area contributed by atoms with Crippen LogP contribution in [-0.4, -0.2) is 55.6 Å². The Balaban J connectivity index is 1.43. The molecule has 0 spiro atoms. The maximum absolute atomic E-state index is 13.2. The lowest BCUT2D eigenvalue weighted by molar-refractivity contribution is -0.129. The van der Waals surface area contributed by atoms with Crippen molar-refractivity contribution in [3.05, 3.63) is 70.5 Å². The first-order valence-corrected chi connectivity index (χ1v) is 12.7. The lowest BCUT2D eigenvalue weighted by Gasteiger charge is -2.40. The molecule has 1 N–H and O–H groups in total. The number of hydrogen-bond acceptors (Lipinski definition) is 4. The van der Waals surface area contributed by atoms with Gasteiger partial charge in [0.2, 0.25) is 15.9 Å². The molecule has 32 heavy (non-hydrogen) atoms. The molecule has 2 fully saturated rings. The highest BCUT2D eigenvalue weighted by molar-refractivity contribution is 7.92. The second kappa shape index (κ2) is 9.21. The molecule has 0 saturated carbocycles. The Morgan fingerprint density at radius 1 is 1.16 bits per heavy atom. The molecule has 2 bridgehead atoms. The smallest absolute Gasteiger partial charge is 0.246 e. The normalized spacial score (nSPS) is 21.3. The maximum Gasteiger partial charge on any atom is 0.246 e. The van der Waals surface area contributed by atoms with Crippen LogP contribution in [-0.2, 0) is 21.4 Å². The summed E-state index contributed by atoms with van der Waals surface area (Å²) >= 11 is 5.99. The van der Waals surface area contributed by atoms with E-state index in [4.69, 9.17) is 11.6 Å². The standard InChI is InChI=1S/C23H25ClFN3O3S/c1-32(30,31)26-22-12-18(24)6-4-17(22)5-11-23(29)27-14-20-9-10-21(15-27)28(20)13-16-2-7-19(25)8-3-16/h2-8,11-12,20-21,26H,9-10,13-15H2,1H3. The summed E-state index contributed by atoms with van der Waals surface area (Å²) in [6.07, 6.45) is 6.20. The Morgan fingerprint density at radius 2 is 1.81 bits per heavy atom. The number of halogens is 2. The van der Waals surface area contributed by atoms with E-state index in [1.54, 1.807) is 18.2 Å². The Bertz CT molecular complexity index is 1120. The third-order valence-electron chi connectivity index (χ3n) is 5.94. The van der Waals surface area contributed by atoms with Crippen molar-refractivity contribution in [3.8, 4) is 0 Å². The predicted molar refractivity (Wildman–Crippen MR) is 124 cm³/mol. The van der Waals surface area contributed by atoms with E-state index in [9.17, 15) is 17.6 Å². The first kappa shape index (κ1) is 22.8. The van der Waals surface area contributed by atoms with Crippen LogP contribution < -0.4 is 4.72 Å². The van der Waals surface area contributed by atoms with Crippen LogP contribution in [0.15, 0.2) is 48.5 Å². The highest BCUT2D eigenvalue weighted by atomic mass is 35.5. The minimum Gasteiger partial charge on any atom is -0.336 e. The topological polar surface area (TPSA) is 69.7 Å². The van der Waals surface area contributed by atoms with E-state index in [0.29, 0.717) is 29.4 Å². The zero-order valence-corrected chi connectivity index (χ0v) is 19.2. The molecule has 2 aliphatic heterocycles. The van der Waals surface area contributed by atoms with Crippen molar-refractivity contribution < 1.29 is 17.6 Å². The van der Waals surface area contributed by atoms with Gasteiger partial charge in [0, 0.05) is 42.8 Å². The first-order valence-electron chi connectivity index (χ1n) is 10.4. The molecule has 2 heterocycles. The van der Waals surface area contributed by atoms with E-state index in [2.05, 4.69) is 9.62 Å². The van der Waals surface area contributed by atoms with Crippen LogP contribution in [0, 0.1) is 5.82 Å². The largest absolute Gasteiger partial charge is 0.336 e. The third-order valence-corrected chi connectivity index (χ3v) is 6.77. The molecule has 0 radical (unpaired) electrons. The number of fused-ring (bicyclic) bond motifs is 2. The van der Waals surface area contributed by atoms with Crippen molar-refractivity contribution in [1.82, 2.24) is 9.80 Å². The van der Waals surface area contributed by atoms with Gasteiger partial charge in [-0.05, 0) is 54.3 Å². The number of benzene rings is 2. The lowest BCUT2D eigenvalue weighted by Crippen LogP contribution is -2.54. The van der Waals surface area contributed by atoms with Crippen LogP contribution >= 0.6 is 11.6 Å². The molecular formula is C23H25ClFN3O3S. The average molecular weight is 478 g/mol. The van der Waals surface area contributed by atoms with E-state index in [1.807, 2.05) is 17.0 Å². The summed E-state index contributed by atoms with van der Waals surface area (Å²) in [4.78, 5) is 17.1. The number of rotatable bonds is 6. The summed E-state index contributed by atoms with van der Waals surface area (Å²) in [5.41, 5.74) is 1.95. The SMILES string of the molecule is CS(=O)(=O)Nc1cc(Cl)ccc1C=CC(=O)N1CC2CCC(C1)N2Cc1ccc(F)cc1. The van der Waals surface area contributed by atoms with E-state index >= 15 is 0 Å². The van der Waals surface area contributed by atoms with Crippen LogP contribution in [0.3, 0.4) is 0 Å². The monoisotopic (exact) mass is 477 g/mol. The fraction of sp³-hybridized carbons (Fsp3) is 0.348. The van der Waals surface area contributed by atoms with Crippen molar-refractivity contribution in [2.24, 2.45) is 0 Å². The molecule has 0 aliphatic carbocycles. The number of anilines is 1. The number of carbonyl (C=O) groups excluding carboxylic acids is 1. The van der Waals surface area contributed by atoms with Gasteiger partial charge in [-0.2, -0.15) is 0 Å². The van der Waals surface area contributed by atoms with Gasteiger partial charge in [-0.15, -0.1) is 0 Å². The van der Waals surface area contributed by atoms with Crippen molar-refractivity contribution in [2.75, 3.05) is 24.1 Å². The zero-order chi connectivity index (χ0) is 22.9. The van der Waals surface area contributed by atoms with Crippen molar-refractivity contribution >= 4 is 39.3 Å². The van der Waals surface area contributed by atoms with Gasteiger partial charge in [-0.3, -0.25) is 14.4 Å². The zero-order valence-electron chi connectivity index (χ0n) is 17.7. The van der Waals surface area contributed by atoms with E-state index in [1.165, 1.54) is 24.3 Å². The van der Waals surface area contributed by atoms with Gasteiger partial charge in [-0.1, -0.05) is 29.8 Å². The molecule has 2 unspecified atom stereocenters. The minimum absolute atomic E-state index is 0.108. The number of nitrogens with zero attached hydrogens (tertiary/aromatic N) is 2. The van der Waals surface area contributed by atoms with E-state index in [0.717, 1.165) is 31.2 Å². The molecule has 2 aromatic rings. The molecule has 2 aliphatic rings. The number of carbonyl (C=O) groups is 1. The van der Waals surface area contributed by atoms with E-state index < -0.39 is 10.0 Å². The number of hydrogen-bond donors (Lipinski definition) is 1. The lowest BCUT2D eigenvalue weighted by atomic mass is 10.1. The second-order valence-electron chi connectivity index (χ2n) is 8.37. The molecule has 2 aromatic carbocycles. The van der Waals surface area contributed by atoms with Crippen molar-refractivity contribution in [3.63, 3.8) is 0 Å². The maximum atomic E-state index is 13.2. The van der Waals surface area contributed by atoms with Gasteiger partial charge in [0.1, 0.15) is 5.82 Å². The quantitative estimate of drug-likeness (QED) is 0.643. The van der Waals surface area contributed by atoms with Gasteiger partial charge in [-0.25, -0.2) is 12.8 Å². The molecule has 4 rings (SSSR count). The third kappa shape index (κ3) is 5.49. The first-order chi connectivity index (χ1) is 15.2. The van der Waals surface area contributed by atoms with Gasteiger partial charge < -0.3 is 4.90 Å². The number of likely N-dealkylation sites (tertiary alicyclic amines) is 1. The van der Waals surface area contributed by atoms with Gasteiger partial charge in [0.25, 0.3) is 0 Å². The predicted octanol–water partition coefficient (Wildman–Crippen LogP) is 3.74. The minimum atomic E-state index is -3.48. The molecular weight excluding hydrogens is 453 g/mol. The van der Waals surface area contributed by atoms with Crippen LogP contribution in [0.5, 0.6) is 0 Å². The molecule has 9 heteroatoms. The highest BCUT2D eigenvalue weighted by Gasteiger charge is 2.40. The summed E-state index contributed by atoms with van der Waals surface area (Å²) < 4.78 is 38.9. The van der Waals surface area contributed by atoms with Crippen LogP contribution in [0.2, 0.25) is 5.02 Å².